The van der Waals surface area contributed by atoms with Gasteiger partial charge in [-0.05, 0) is 24.6 Å². The maximum absolute atomic E-state index is 9.26. The molecule has 1 aromatic rings. The smallest absolute Gasteiger partial charge is 0.101 e. The molecule has 3 rings (SSSR count). The van der Waals surface area contributed by atoms with Crippen LogP contribution in [0.25, 0.3) is 0 Å². The number of anilines is 1. The first-order valence-electron chi connectivity index (χ1n) is 7.85. The lowest BCUT2D eigenvalue weighted by Gasteiger charge is -2.43. The molecule has 114 valence electrons. The number of rotatable bonds is 2. The molecule has 2 heterocycles. The van der Waals surface area contributed by atoms with Crippen LogP contribution < -0.4 is 4.90 Å². The van der Waals surface area contributed by atoms with Gasteiger partial charge in [0, 0.05) is 26.2 Å². The van der Waals surface area contributed by atoms with E-state index in [1.165, 1.54) is 0 Å². The van der Waals surface area contributed by atoms with Crippen LogP contribution in [0.5, 0.6) is 0 Å². The van der Waals surface area contributed by atoms with Crippen LogP contribution in [0.4, 0.5) is 5.69 Å². The SMILES string of the molecule is CC.Cc1ccc(N2CCN(C3COC3)CC2)c(C#N)c1. The monoisotopic (exact) mass is 287 g/mol. The van der Waals surface area contributed by atoms with E-state index in [0.29, 0.717) is 6.04 Å². The van der Waals surface area contributed by atoms with E-state index in [0.717, 1.165) is 56.2 Å². The first-order valence-corrected chi connectivity index (χ1v) is 7.85. The van der Waals surface area contributed by atoms with Crippen LogP contribution in [0.2, 0.25) is 0 Å². The molecule has 0 atom stereocenters. The van der Waals surface area contributed by atoms with Gasteiger partial charge in [-0.25, -0.2) is 0 Å². The molecule has 0 amide bonds. The van der Waals surface area contributed by atoms with Crippen LogP contribution in [0.15, 0.2) is 18.2 Å². The molecule has 2 aliphatic rings. The predicted octanol–water partition coefficient (Wildman–Crippen LogP) is 2.41. The molecule has 0 bridgehead atoms. The minimum Gasteiger partial charge on any atom is -0.378 e. The maximum Gasteiger partial charge on any atom is 0.101 e. The summed E-state index contributed by atoms with van der Waals surface area (Å²) >= 11 is 0. The standard InChI is InChI=1S/C15H19N3O.C2H6/c1-12-2-3-15(13(8-12)9-16)18-6-4-17(5-7-18)14-10-19-11-14;1-2/h2-3,8,14H,4-7,10-11H2,1H3;1-2H3. The van der Waals surface area contributed by atoms with Gasteiger partial charge >= 0.3 is 0 Å². The van der Waals surface area contributed by atoms with Crippen molar-refractivity contribution in [3.8, 4) is 6.07 Å². The highest BCUT2D eigenvalue weighted by molar-refractivity contribution is 5.60. The van der Waals surface area contributed by atoms with E-state index in [2.05, 4.69) is 28.0 Å². The van der Waals surface area contributed by atoms with Crippen molar-refractivity contribution in [3.05, 3.63) is 29.3 Å². The summed E-state index contributed by atoms with van der Waals surface area (Å²) in [4.78, 5) is 4.83. The molecule has 2 aliphatic heterocycles. The summed E-state index contributed by atoms with van der Waals surface area (Å²) < 4.78 is 5.25. The van der Waals surface area contributed by atoms with Gasteiger partial charge in [0.15, 0.2) is 0 Å². The molecule has 0 saturated carbocycles. The lowest BCUT2D eigenvalue weighted by Crippen LogP contribution is -2.56. The van der Waals surface area contributed by atoms with Gasteiger partial charge in [0.1, 0.15) is 6.07 Å². The highest BCUT2D eigenvalue weighted by atomic mass is 16.5. The Morgan fingerprint density at radius 3 is 2.33 bits per heavy atom. The van der Waals surface area contributed by atoms with Crippen LogP contribution in [0.1, 0.15) is 25.0 Å². The number of nitriles is 1. The number of hydrogen-bond acceptors (Lipinski definition) is 4. The maximum atomic E-state index is 9.26. The zero-order valence-electron chi connectivity index (χ0n) is 13.3. The number of piperazine rings is 1. The molecule has 4 heteroatoms. The molecule has 0 aromatic heterocycles. The first kappa shape index (κ1) is 15.8. The summed E-state index contributed by atoms with van der Waals surface area (Å²) in [6, 6.07) is 9.07. The van der Waals surface area contributed by atoms with Crippen LogP contribution in [-0.4, -0.2) is 50.3 Å². The van der Waals surface area contributed by atoms with E-state index < -0.39 is 0 Å². The van der Waals surface area contributed by atoms with Crippen LogP contribution in [0, 0.1) is 18.3 Å². The Balaban J connectivity index is 0.000000774. The Morgan fingerprint density at radius 1 is 1.14 bits per heavy atom. The van der Waals surface area contributed by atoms with E-state index in [1.807, 2.05) is 26.8 Å². The fourth-order valence-corrected chi connectivity index (χ4v) is 2.78. The first-order chi connectivity index (χ1) is 10.3. The molecule has 0 radical (unpaired) electrons. The van der Waals surface area contributed by atoms with Gasteiger partial charge in [-0.15, -0.1) is 0 Å². The highest BCUT2D eigenvalue weighted by Gasteiger charge is 2.29. The Labute approximate surface area is 127 Å². The lowest BCUT2D eigenvalue weighted by molar-refractivity contribution is -0.0660. The summed E-state index contributed by atoms with van der Waals surface area (Å²) in [7, 11) is 0. The summed E-state index contributed by atoms with van der Waals surface area (Å²) in [5.74, 6) is 0. The molecule has 0 aliphatic carbocycles. The second-order valence-electron chi connectivity index (χ2n) is 5.35. The van der Waals surface area contributed by atoms with Crippen molar-refractivity contribution in [3.63, 3.8) is 0 Å². The van der Waals surface area contributed by atoms with E-state index in [9.17, 15) is 5.26 Å². The van der Waals surface area contributed by atoms with Crippen LogP contribution >= 0.6 is 0 Å². The molecule has 2 saturated heterocycles. The van der Waals surface area contributed by atoms with Gasteiger partial charge in [-0.2, -0.15) is 5.26 Å². The predicted molar refractivity (Wildman–Crippen MR) is 85.6 cm³/mol. The molecular formula is C17H25N3O. The van der Waals surface area contributed by atoms with E-state index >= 15 is 0 Å². The minimum absolute atomic E-state index is 0.621. The fraction of sp³-hybridized carbons (Fsp3) is 0.588. The Morgan fingerprint density at radius 2 is 1.81 bits per heavy atom. The van der Waals surface area contributed by atoms with Crippen molar-refractivity contribution in [2.24, 2.45) is 0 Å². The largest absolute Gasteiger partial charge is 0.378 e. The zero-order valence-corrected chi connectivity index (χ0v) is 13.3. The number of aryl methyl sites for hydroxylation is 1. The number of hydrogen-bond donors (Lipinski definition) is 0. The summed E-state index contributed by atoms with van der Waals surface area (Å²) in [5.41, 5.74) is 3.02. The van der Waals surface area contributed by atoms with Gasteiger partial charge in [-0.1, -0.05) is 19.9 Å². The second-order valence-corrected chi connectivity index (χ2v) is 5.35. The topological polar surface area (TPSA) is 39.5 Å². The van der Waals surface area contributed by atoms with E-state index in [1.54, 1.807) is 0 Å². The molecule has 0 spiro atoms. The number of ether oxygens (including phenoxy) is 1. The number of nitrogens with zero attached hydrogens (tertiary/aromatic N) is 3. The van der Waals surface area contributed by atoms with Crippen molar-refractivity contribution < 1.29 is 4.74 Å². The van der Waals surface area contributed by atoms with Crippen LogP contribution in [0.3, 0.4) is 0 Å². The molecular weight excluding hydrogens is 262 g/mol. The third-order valence-electron chi connectivity index (χ3n) is 4.06. The lowest BCUT2D eigenvalue weighted by atomic mass is 10.1. The fourth-order valence-electron chi connectivity index (χ4n) is 2.78. The Bertz CT molecular complexity index is 497. The Hall–Kier alpha value is -1.57. The summed E-state index contributed by atoms with van der Waals surface area (Å²) in [5, 5.41) is 9.26. The van der Waals surface area contributed by atoms with Crippen molar-refractivity contribution in [2.45, 2.75) is 26.8 Å². The van der Waals surface area contributed by atoms with E-state index in [4.69, 9.17) is 4.74 Å². The van der Waals surface area contributed by atoms with Gasteiger partial charge < -0.3 is 9.64 Å². The minimum atomic E-state index is 0.621. The molecule has 4 nitrogen and oxygen atoms in total. The molecule has 1 aromatic carbocycles. The average Bonchev–Trinajstić information content (AvgIpc) is 2.48. The normalized spacial score (nSPS) is 19.2. The number of benzene rings is 1. The van der Waals surface area contributed by atoms with Crippen molar-refractivity contribution in [1.82, 2.24) is 4.90 Å². The second kappa shape index (κ2) is 7.44. The third-order valence-corrected chi connectivity index (χ3v) is 4.06. The van der Waals surface area contributed by atoms with Crippen LogP contribution in [-0.2, 0) is 4.74 Å². The van der Waals surface area contributed by atoms with Crippen molar-refractivity contribution in [1.29, 1.82) is 5.26 Å². The molecule has 2 fully saturated rings. The van der Waals surface area contributed by atoms with E-state index in [-0.39, 0.29) is 0 Å². The van der Waals surface area contributed by atoms with Gasteiger partial charge in [-0.3, -0.25) is 4.90 Å². The molecule has 21 heavy (non-hydrogen) atoms. The zero-order chi connectivity index (χ0) is 15.2. The highest BCUT2D eigenvalue weighted by Crippen LogP contribution is 2.23. The Kier molecular flexibility index (Phi) is 5.60. The summed E-state index contributed by atoms with van der Waals surface area (Å²) in [6.45, 7) is 11.9. The third kappa shape index (κ3) is 3.55. The average molecular weight is 287 g/mol. The van der Waals surface area contributed by atoms with Gasteiger partial charge in [0.05, 0.1) is 30.5 Å². The quantitative estimate of drug-likeness (QED) is 0.837. The van der Waals surface area contributed by atoms with Crippen molar-refractivity contribution in [2.75, 3.05) is 44.3 Å². The van der Waals surface area contributed by atoms with Gasteiger partial charge in [0.25, 0.3) is 0 Å². The molecule has 0 N–H and O–H groups in total. The summed E-state index contributed by atoms with van der Waals surface area (Å²) in [6.07, 6.45) is 0. The van der Waals surface area contributed by atoms with Crippen molar-refractivity contribution >= 4 is 5.69 Å². The molecule has 0 unspecified atom stereocenters. The van der Waals surface area contributed by atoms with Gasteiger partial charge in [0.2, 0.25) is 0 Å².